The summed E-state index contributed by atoms with van der Waals surface area (Å²) in [6, 6.07) is 0.362. The quantitative estimate of drug-likeness (QED) is 0.827. The smallest absolute Gasteiger partial charge is 0.165 e. The van der Waals surface area contributed by atoms with Crippen molar-refractivity contribution in [3.8, 4) is 0 Å². The number of aryl methyl sites for hydroxylation is 1. The lowest BCUT2D eigenvalue weighted by atomic mass is 10.1. The normalized spacial score (nSPS) is 23.9. The first-order valence-corrected chi connectivity index (χ1v) is 6.26. The molecule has 3 rings (SSSR count). The second kappa shape index (κ2) is 4.20. The molecular weight excluding hydrogens is 230 g/mol. The standard InChI is InChI=1S/C12H17N5O/c1-7-16-10-11(13)14-6-15-12(10)17(7)9-3-2-8(4-9)5-18/h6,8-9,18H,2-5H2,1H3,(H2,13,14,15)/t8-,9+/m1/s1. The molecule has 0 radical (unpaired) electrons. The van der Waals surface area contributed by atoms with Crippen LogP contribution in [0.3, 0.4) is 0 Å². The monoisotopic (exact) mass is 247 g/mol. The van der Waals surface area contributed by atoms with Gasteiger partial charge in [-0.1, -0.05) is 0 Å². The molecule has 1 aliphatic carbocycles. The molecule has 6 nitrogen and oxygen atoms in total. The fourth-order valence-electron chi connectivity index (χ4n) is 2.92. The number of imidazole rings is 1. The average molecular weight is 247 g/mol. The summed E-state index contributed by atoms with van der Waals surface area (Å²) in [4.78, 5) is 12.7. The van der Waals surface area contributed by atoms with E-state index < -0.39 is 0 Å². The van der Waals surface area contributed by atoms with E-state index >= 15 is 0 Å². The lowest BCUT2D eigenvalue weighted by molar-refractivity contribution is 0.226. The minimum Gasteiger partial charge on any atom is -0.396 e. The highest BCUT2D eigenvalue weighted by Gasteiger charge is 2.28. The molecule has 0 saturated heterocycles. The van der Waals surface area contributed by atoms with Crippen LogP contribution in [0.1, 0.15) is 31.1 Å². The molecule has 3 N–H and O–H groups in total. The van der Waals surface area contributed by atoms with Crippen molar-refractivity contribution in [1.29, 1.82) is 0 Å². The van der Waals surface area contributed by atoms with Gasteiger partial charge in [-0.05, 0) is 32.1 Å². The third kappa shape index (κ3) is 1.64. The molecule has 0 unspecified atom stereocenters. The Morgan fingerprint density at radius 1 is 1.44 bits per heavy atom. The highest BCUT2D eigenvalue weighted by molar-refractivity contribution is 5.81. The largest absolute Gasteiger partial charge is 0.396 e. The predicted molar refractivity (Wildman–Crippen MR) is 67.9 cm³/mol. The highest BCUT2D eigenvalue weighted by atomic mass is 16.3. The lowest BCUT2D eigenvalue weighted by Crippen LogP contribution is -2.09. The minimum absolute atomic E-state index is 0.263. The summed E-state index contributed by atoms with van der Waals surface area (Å²) in [5.74, 6) is 1.74. The van der Waals surface area contributed by atoms with Gasteiger partial charge in [0.25, 0.3) is 0 Å². The molecule has 0 amide bonds. The molecule has 0 aliphatic heterocycles. The molecule has 96 valence electrons. The Kier molecular flexibility index (Phi) is 2.66. The molecule has 2 heterocycles. The number of aliphatic hydroxyl groups is 1. The van der Waals surface area contributed by atoms with Gasteiger partial charge in [0.1, 0.15) is 12.2 Å². The Bertz CT molecular complexity index is 579. The van der Waals surface area contributed by atoms with Crippen molar-refractivity contribution < 1.29 is 5.11 Å². The van der Waals surface area contributed by atoms with Gasteiger partial charge in [0, 0.05) is 12.6 Å². The number of nitrogens with zero attached hydrogens (tertiary/aromatic N) is 4. The second-order valence-electron chi connectivity index (χ2n) is 4.98. The van der Waals surface area contributed by atoms with Crippen molar-refractivity contribution in [2.75, 3.05) is 12.3 Å². The molecule has 1 aliphatic rings. The third-order valence-electron chi connectivity index (χ3n) is 3.82. The zero-order chi connectivity index (χ0) is 12.7. The van der Waals surface area contributed by atoms with Crippen molar-refractivity contribution >= 4 is 17.0 Å². The van der Waals surface area contributed by atoms with Crippen LogP contribution in [0.2, 0.25) is 0 Å². The van der Waals surface area contributed by atoms with Gasteiger partial charge in [-0.2, -0.15) is 0 Å². The van der Waals surface area contributed by atoms with Crippen molar-refractivity contribution in [2.45, 2.75) is 32.2 Å². The number of nitrogens with two attached hydrogens (primary N) is 1. The fourth-order valence-corrected chi connectivity index (χ4v) is 2.92. The van der Waals surface area contributed by atoms with Crippen LogP contribution in [0.4, 0.5) is 5.82 Å². The Balaban J connectivity index is 2.07. The van der Waals surface area contributed by atoms with Gasteiger partial charge in [-0.3, -0.25) is 0 Å². The number of anilines is 1. The van der Waals surface area contributed by atoms with E-state index in [0.717, 1.165) is 30.7 Å². The number of aromatic nitrogens is 4. The van der Waals surface area contributed by atoms with Crippen LogP contribution in [0, 0.1) is 12.8 Å². The average Bonchev–Trinajstić information content (AvgIpc) is 2.93. The first-order chi connectivity index (χ1) is 8.70. The maximum Gasteiger partial charge on any atom is 0.165 e. The molecular formula is C12H17N5O. The van der Waals surface area contributed by atoms with E-state index in [4.69, 9.17) is 5.73 Å². The maximum absolute atomic E-state index is 9.24. The predicted octanol–water partition coefficient (Wildman–Crippen LogP) is 1.05. The number of rotatable bonds is 2. The molecule has 2 aromatic rings. The zero-order valence-electron chi connectivity index (χ0n) is 10.4. The number of hydrogen-bond acceptors (Lipinski definition) is 5. The zero-order valence-corrected chi connectivity index (χ0v) is 10.4. The van der Waals surface area contributed by atoms with Gasteiger partial charge >= 0.3 is 0 Å². The van der Waals surface area contributed by atoms with Crippen LogP contribution < -0.4 is 5.73 Å². The Morgan fingerprint density at radius 2 is 2.28 bits per heavy atom. The van der Waals surface area contributed by atoms with Crippen molar-refractivity contribution in [3.63, 3.8) is 0 Å². The van der Waals surface area contributed by atoms with E-state index in [0.29, 0.717) is 23.3 Å². The molecule has 2 aromatic heterocycles. The molecule has 6 heteroatoms. The number of fused-ring (bicyclic) bond motifs is 1. The lowest BCUT2D eigenvalue weighted by Gasteiger charge is -2.14. The summed E-state index contributed by atoms with van der Waals surface area (Å²) in [6.07, 6.45) is 4.57. The van der Waals surface area contributed by atoms with Gasteiger partial charge in [-0.15, -0.1) is 0 Å². The topological polar surface area (TPSA) is 89.9 Å². The van der Waals surface area contributed by atoms with E-state index in [2.05, 4.69) is 19.5 Å². The van der Waals surface area contributed by atoms with E-state index in [9.17, 15) is 5.11 Å². The van der Waals surface area contributed by atoms with Gasteiger partial charge in [-0.25, -0.2) is 15.0 Å². The van der Waals surface area contributed by atoms with Crippen molar-refractivity contribution in [1.82, 2.24) is 19.5 Å². The number of nitrogen functional groups attached to an aromatic ring is 1. The second-order valence-corrected chi connectivity index (χ2v) is 4.98. The Labute approximate surface area is 105 Å². The SMILES string of the molecule is Cc1nc2c(N)ncnc2n1[C@H]1CC[C@@H](CO)C1. The molecule has 1 fully saturated rings. The van der Waals surface area contributed by atoms with Crippen LogP contribution >= 0.6 is 0 Å². The summed E-state index contributed by atoms with van der Waals surface area (Å²) in [7, 11) is 0. The Hall–Kier alpha value is -1.69. The summed E-state index contributed by atoms with van der Waals surface area (Å²) >= 11 is 0. The molecule has 18 heavy (non-hydrogen) atoms. The van der Waals surface area contributed by atoms with Crippen LogP contribution in [-0.4, -0.2) is 31.2 Å². The van der Waals surface area contributed by atoms with Gasteiger partial charge in [0.15, 0.2) is 17.0 Å². The summed E-state index contributed by atoms with van der Waals surface area (Å²) in [5, 5.41) is 9.24. The van der Waals surface area contributed by atoms with Gasteiger partial charge in [0.2, 0.25) is 0 Å². The maximum atomic E-state index is 9.24. The number of hydrogen-bond donors (Lipinski definition) is 2. The highest BCUT2D eigenvalue weighted by Crippen LogP contribution is 2.36. The summed E-state index contributed by atoms with van der Waals surface area (Å²) in [6.45, 7) is 2.23. The third-order valence-corrected chi connectivity index (χ3v) is 3.82. The first-order valence-electron chi connectivity index (χ1n) is 6.26. The van der Waals surface area contributed by atoms with Gasteiger partial charge in [0.05, 0.1) is 0 Å². The molecule has 1 saturated carbocycles. The Morgan fingerprint density at radius 3 is 3.00 bits per heavy atom. The summed E-state index contributed by atoms with van der Waals surface area (Å²) < 4.78 is 2.14. The van der Waals surface area contributed by atoms with Crippen LogP contribution in [0.25, 0.3) is 11.2 Å². The molecule has 0 bridgehead atoms. The fraction of sp³-hybridized carbons (Fsp3) is 0.583. The van der Waals surface area contributed by atoms with E-state index in [1.807, 2.05) is 6.92 Å². The van der Waals surface area contributed by atoms with Gasteiger partial charge < -0.3 is 15.4 Å². The van der Waals surface area contributed by atoms with Crippen molar-refractivity contribution in [2.24, 2.45) is 5.92 Å². The first kappa shape index (κ1) is 11.4. The molecule has 0 spiro atoms. The molecule has 0 aromatic carbocycles. The van der Waals surface area contributed by atoms with Crippen LogP contribution in [-0.2, 0) is 0 Å². The van der Waals surface area contributed by atoms with E-state index in [-0.39, 0.29) is 6.61 Å². The summed E-state index contributed by atoms with van der Waals surface area (Å²) in [5.41, 5.74) is 7.32. The molecule has 2 atom stereocenters. The minimum atomic E-state index is 0.263. The van der Waals surface area contributed by atoms with Crippen LogP contribution in [0.5, 0.6) is 0 Å². The number of aliphatic hydroxyl groups excluding tert-OH is 1. The van der Waals surface area contributed by atoms with Crippen LogP contribution in [0.15, 0.2) is 6.33 Å². The van der Waals surface area contributed by atoms with E-state index in [1.54, 1.807) is 0 Å². The van der Waals surface area contributed by atoms with Crippen molar-refractivity contribution in [3.05, 3.63) is 12.2 Å². The van der Waals surface area contributed by atoms with E-state index in [1.165, 1.54) is 6.33 Å².